The highest BCUT2D eigenvalue weighted by atomic mass is 35.5. The zero-order valence-corrected chi connectivity index (χ0v) is 16.8. The van der Waals surface area contributed by atoms with E-state index >= 15 is 0 Å². The number of sulfonamides is 1. The Bertz CT molecular complexity index is 923. The molecule has 1 aromatic heterocycles. The lowest BCUT2D eigenvalue weighted by Gasteiger charge is -2.31. The van der Waals surface area contributed by atoms with Crippen LogP contribution in [0.3, 0.4) is 0 Å². The highest BCUT2D eigenvalue weighted by molar-refractivity contribution is 7.89. The van der Waals surface area contributed by atoms with Gasteiger partial charge >= 0.3 is 0 Å². The molecule has 6 nitrogen and oxygen atoms in total. The van der Waals surface area contributed by atoms with E-state index in [1.165, 1.54) is 22.5 Å². The molecule has 0 saturated carbocycles. The number of carbonyl (C=O) groups excluding carboxylic acids is 1. The van der Waals surface area contributed by atoms with Crippen molar-refractivity contribution in [1.82, 2.24) is 14.6 Å². The highest BCUT2D eigenvalue weighted by Crippen LogP contribution is 2.30. The average Bonchev–Trinajstić information content (AvgIpc) is 2.68. The maximum atomic E-state index is 13.0. The standard InChI is InChI=1S/C18H19Cl2N3O3S/c19-15-5-6-16(20)17(9-15)27(25,26)23-8-2-4-14(12-23)18(24)22-11-13-3-1-7-21-10-13/h1,3,5-7,9-10,14H,2,4,8,11-12H2,(H,22,24)/t14-/m1/s1. The van der Waals surface area contributed by atoms with E-state index in [0.29, 0.717) is 31.0 Å². The number of aromatic nitrogens is 1. The summed E-state index contributed by atoms with van der Waals surface area (Å²) in [5.41, 5.74) is 0.886. The molecular formula is C18H19Cl2N3O3S. The van der Waals surface area contributed by atoms with E-state index < -0.39 is 15.9 Å². The van der Waals surface area contributed by atoms with Crippen LogP contribution in [0.5, 0.6) is 0 Å². The van der Waals surface area contributed by atoms with Crippen molar-refractivity contribution in [2.45, 2.75) is 24.3 Å². The molecule has 1 aromatic carbocycles. The summed E-state index contributed by atoms with van der Waals surface area (Å²) in [6, 6.07) is 8.00. The Hall–Kier alpha value is -1.67. The predicted octanol–water partition coefficient (Wildman–Crippen LogP) is 3.11. The van der Waals surface area contributed by atoms with E-state index in [-0.39, 0.29) is 22.4 Å². The molecule has 1 atom stereocenters. The number of pyridine rings is 1. The van der Waals surface area contributed by atoms with E-state index in [1.807, 2.05) is 6.07 Å². The van der Waals surface area contributed by atoms with Crippen LogP contribution in [0.4, 0.5) is 0 Å². The number of nitrogens with zero attached hydrogens (tertiary/aromatic N) is 2. The number of hydrogen-bond acceptors (Lipinski definition) is 4. The molecule has 27 heavy (non-hydrogen) atoms. The van der Waals surface area contributed by atoms with E-state index in [9.17, 15) is 13.2 Å². The van der Waals surface area contributed by atoms with Crippen molar-refractivity contribution in [3.05, 3.63) is 58.3 Å². The third-order valence-electron chi connectivity index (χ3n) is 4.46. The van der Waals surface area contributed by atoms with Crippen molar-refractivity contribution < 1.29 is 13.2 Å². The molecule has 1 aliphatic rings. The SMILES string of the molecule is O=C(NCc1cccnc1)[C@@H]1CCCN(S(=O)(=O)c2cc(Cl)ccc2Cl)C1. The van der Waals surface area contributed by atoms with Crippen molar-refractivity contribution in [2.75, 3.05) is 13.1 Å². The lowest BCUT2D eigenvalue weighted by atomic mass is 9.99. The van der Waals surface area contributed by atoms with Gasteiger partial charge in [-0.05, 0) is 42.7 Å². The first kappa shape index (κ1) is 20.1. The second-order valence-electron chi connectivity index (χ2n) is 6.36. The minimum Gasteiger partial charge on any atom is -0.352 e. The summed E-state index contributed by atoms with van der Waals surface area (Å²) >= 11 is 12.0. The number of hydrogen-bond donors (Lipinski definition) is 1. The summed E-state index contributed by atoms with van der Waals surface area (Å²) in [7, 11) is -3.82. The van der Waals surface area contributed by atoms with E-state index in [1.54, 1.807) is 18.5 Å². The van der Waals surface area contributed by atoms with Gasteiger partial charge in [0.1, 0.15) is 4.90 Å². The van der Waals surface area contributed by atoms with Gasteiger partial charge in [-0.2, -0.15) is 4.31 Å². The molecule has 1 aliphatic heterocycles. The van der Waals surface area contributed by atoms with Crippen molar-refractivity contribution in [1.29, 1.82) is 0 Å². The van der Waals surface area contributed by atoms with Gasteiger partial charge in [0.05, 0.1) is 10.9 Å². The Balaban J connectivity index is 1.69. The molecule has 3 rings (SSSR count). The second-order valence-corrected chi connectivity index (χ2v) is 9.11. The third kappa shape index (κ3) is 4.79. The molecule has 1 amide bonds. The summed E-state index contributed by atoms with van der Waals surface area (Å²) in [5, 5.41) is 3.26. The molecule has 0 aliphatic carbocycles. The summed E-state index contributed by atoms with van der Waals surface area (Å²) < 4.78 is 27.2. The monoisotopic (exact) mass is 427 g/mol. The first-order valence-electron chi connectivity index (χ1n) is 8.50. The maximum absolute atomic E-state index is 13.0. The van der Waals surface area contributed by atoms with Crippen molar-refractivity contribution >= 4 is 39.1 Å². The summed E-state index contributed by atoms with van der Waals surface area (Å²) in [6.07, 6.45) is 4.58. The van der Waals surface area contributed by atoms with Gasteiger partial charge in [-0.25, -0.2) is 8.42 Å². The molecule has 1 saturated heterocycles. The maximum Gasteiger partial charge on any atom is 0.244 e. The second kappa shape index (κ2) is 8.56. The first-order valence-corrected chi connectivity index (χ1v) is 10.7. The fourth-order valence-corrected chi connectivity index (χ4v) is 5.29. The number of benzene rings is 1. The van der Waals surface area contributed by atoms with E-state index in [2.05, 4.69) is 10.3 Å². The molecule has 2 aromatic rings. The summed E-state index contributed by atoms with van der Waals surface area (Å²) in [5.74, 6) is -0.584. The summed E-state index contributed by atoms with van der Waals surface area (Å²) in [4.78, 5) is 16.5. The Morgan fingerprint density at radius 2 is 2.11 bits per heavy atom. The van der Waals surface area contributed by atoms with Gasteiger partial charge in [-0.15, -0.1) is 0 Å². The number of nitrogens with one attached hydrogen (secondary N) is 1. The van der Waals surface area contributed by atoms with Crippen LogP contribution in [0.15, 0.2) is 47.6 Å². The highest BCUT2D eigenvalue weighted by Gasteiger charge is 2.34. The van der Waals surface area contributed by atoms with Gasteiger partial charge in [0.25, 0.3) is 0 Å². The van der Waals surface area contributed by atoms with Gasteiger partial charge < -0.3 is 5.32 Å². The Kier molecular flexibility index (Phi) is 6.37. The fraction of sp³-hybridized carbons (Fsp3) is 0.333. The van der Waals surface area contributed by atoms with Crippen LogP contribution in [-0.2, 0) is 21.4 Å². The van der Waals surface area contributed by atoms with E-state index in [0.717, 1.165) is 5.56 Å². The van der Waals surface area contributed by atoms with Crippen LogP contribution < -0.4 is 5.32 Å². The van der Waals surface area contributed by atoms with Crippen LogP contribution >= 0.6 is 23.2 Å². The largest absolute Gasteiger partial charge is 0.352 e. The minimum absolute atomic E-state index is 0.0342. The zero-order valence-electron chi connectivity index (χ0n) is 14.4. The molecule has 0 unspecified atom stereocenters. The van der Waals surface area contributed by atoms with Crippen molar-refractivity contribution in [3.8, 4) is 0 Å². The smallest absolute Gasteiger partial charge is 0.244 e. The van der Waals surface area contributed by atoms with Gasteiger partial charge in [-0.3, -0.25) is 9.78 Å². The molecule has 0 spiro atoms. The predicted molar refractivity (Wildman–Crippen MR) is 104 cm³/mol. The third-order valence-corrected chi connectivity index (χ3v) is 7.04. The minimum atomic E-state index is -3.82. The average molecular weight is 428 g/mol. The fourth-order valence-electron chi connectivity index (χ4n) is 3.02. The quantitative estimate of drug-likeness (QED) is 0.794. The number of halogens is 2. The number of piperidine rings is 1. The zero-order chi connectivity index (χ0) is 19.4. The first-order chi connectivity index (χ1) is 12.9. The molecule has 1 N–H and O–H groups in total. The number of amides is 1. The summed E-state index contributed by atoms with van der Waals surface area (Å²) in [6.45, 7) is 0.817. The van der Waals surface area contributed by atoms with Gasteiger partial charge in [0.2, 0.25) is 15.9 Å². The van der Waals surface area contributed by atoms with Crippen LogP contribution in [0.1, 0.15) is 18.4 Å². The topological polar surface area (TPSA) is 79.4 Å². The van der Waals surface area contributed by atoms with Crippen molar-refractivity contribution in [3.63, 3.8) is 0 Å². The molecule has 2 heterocycles. The number of rotatable bonds is 5. The van der Waals surface area contributed by atoms with Crippen LogP contribution in [0.25, 0.3) is 0 Å². The molecule has 0 radical (unpaired) electrons. The Morgan fingerprint density at radius 3 is 2.85 bits per heavy atom. The van der Waals surface area contributed by atoms with Crippen LogP contribution in [0.2, 0.25) is 10.0 Å². The Labute approximate surface area is 168 Å². The van der Waals surface area contributed by atoms with Crippen molar-refractivity contribution in [2.24, 2.45) is 5.92 Å². The van der Waals surface area contributed by atoms with Gasteiger partial charge in [-0.1, -0.05) is 29.3 Å². The van der Waals surface area contributed by atoms with Crippen LogP contribution in [0, 0.1) is 5.92 Å². The van der Waals surface area contributed by atoms with Gasteiger partial charge in [0.15, 0.2) is 0 Å². The van der Waals surface area contributed by atoms with Gasteiger partial charge in [0, 0.05) is 37.1 Å². The van der Waals surface area contributed by atoms with E-state index in [4.69, 9.17) is 23.2 Å². The normalized spacial score (nSPS) is 18.2. The molecule has 144 valence electrons. The molecular weight excluding hydrogens is 409 g/mol. The molecule has 9 heteroatoms. The van der Waals surface area contributed by atoms with Crippen LogP contribution in [-0.4, -0.2) is 36.7 Å². The lowest BCUT2D eigenvalue weighted by molar-refractivity contribution is -0.126. The lowest BCUT2D eigenvalue weighted by Crippen LogP contribution is -2.45. The Morgan fingerprint density at radius 1 is 1.30 bits per heavy atom. The molecule has 0 bridgehead atoms. The number of carbonyl (C=O) groups is 1. The molecule has 1 fully saturated rings.